The first kappa shape index (κ1) is 13.4. The monoisotopic (exact) mass is 236 g/mol. The number of anilines is 2. The Balaban J connectivity index is 2.65. The molecule has 0 unspecified atom stereocenters. The zero-order valence-electron chi connectivity index (χ0n) is 10.5. The Kier molecular flexibility index (Phi) is 5.33. The molecule has 1 rings (SSSR count). The molecule has 0 aliphatic rings. The highest BCUT2D eigenvalue weighted by molar-refractivity contribution is 5.96. The van der Waals surface area contributed by atoms with Crippen molar-refractivity contribution in [2.75, 3.05) is 24.7 Å². The predicted octanol–water partition coefficient (Wildman–Crippen LogP) is 2.66. The molecule has 0 aliphatic carbocycles. The summed E-state index contributed by atoms with van der Waals surface area (Å²) in [6, 6.07) is 5.31. The van der Waals surface area contributed by atoms with Crippen LogP contribution in [0.15, 0.2) is 18.2 Å². The molecular weight excluding hydrogens is 216 g/mol. The number of hydrogen-bond acceptors (Lipinski definition) is 4. The van der Waals surface area contributed by atoms with Gasteiger partial charge in [0.1, 0.15) is 0 Å². The lowest BCUT2D eigenvalue weighted by molar-refractivity contribution is 0.0602. The number of ether oxygens (including phenoxy) is 1. The molecular formula is C13H20N2O2. The van der Waals surface area contributed by atoms with E-state index in [-0.39, 0.29) is 0 Å². The van der Waals surface area contributed by atoms with Crippen molar-refractivity contribution in [2.24, 2.45) is 0 Å². The minimum absolute atomic E-state index is 0.403. The molecule has 0 heterocycles. The largest absolute Gasteiger partial charge is 0.465 e. The molecule has 0 aromatic heterocycles. The van der Waals surface area contributed by atoms with Gasteiger partial charge in [0.05, 0.1) is 12.7 Å². The van der Waals surface area contributed by atoms with E-state index in [4.69, 9.17) is 5.73 Å². The number of carbonyl (C=O) groups excluding carboxylic acids is 1. The van der Waals surface area contributed by atoms with Crippen LogP contribution >= 0.6 is 0 Å². The Morgan fingerprint density at radius 3 is 2.82 bits per heavy atom. The molecule has 0 saturated heterocycles. The molecule has 1 aromatic rings. The van der Waals surface area contributed by atoms with Crippen molar-refractivity contribution >= 4 is 17.3 Å². The Labute approximate surface area is 102 Å². The van der Waals surface area contributed by atoms with Crippen LogP contribution in [0.25, 0.3) is 0 Å². The normalized spacial score (nSPS) is 10.0. The molecule has 4 heteroatoms. The van der Waals surface area contributed by atoms with Gasteiger partial charge in [-0.2, -0.15) is 0 Å². The number of hydrogen-bond donors (Lipinski definition) is 2. The number of benzene rings is 1. The number of carbonyl (C=O) groups is 1. The van der Waals surface area contributed by atoms with Crippen LogP contribution in [0, 0.1) is 0 Å². The Hall–Kier alpha value is -1.71. The third-order valence-electron chi connectivity index (χ3n) is 2.57. The zero-order valence-corrected chi connectivity index (χ0v) is 10.5. The second kappa shape index (κ2) is 6.78. The first-order valence-corrected chi connectivity index (χ1v) is 5.90. The fourth-order valence-corrected chi connectivity index (χ4v) is 1.56. The summed E-state index contributed by atoms with van der Waals surface area (Å²) in [4.78, 5) is 11.4. The highest BCUT2D eigenvalue weighted by Gasteiger charge is 2.10. The molecule has 4 nitrogen and oxygen atoms in total. The van der Waals surface area contributed by atoms with Crippen molar-refractivity contribution in [3.8, 4) is 0 Å². The van der Waals surface area contributed by atoms with Crippen LogP contribution < -0.4 is 11.1 Å². The minimum Gasteiger partial charge on any atom is -0.465 e. The van der Waals surface area contributed by atoms with Crippen LogP contribution in [-0.4, -0.2) is 19.6 Å². The van der Waals surface area contributed by atoms with E-state index in [1.807, 2.05) is 6.07 Å². The molecule has 0 amide bonds. The summed E-state index contributed by atoms with van der Waals surface area (Å²) < 4.78 is 4.67. The third kappa shape index (κ3) is 3.98. The van der Waals surface area contributed by atoms with E-state index in [9.17, 15) is 4.79 Å². The summed E-state index contributed by atoms with van der Waals surface area (Å²) in [6.07, 6.45) is 3.51. The molecule has 0 aliphatic heterocycles. The van der Waals surface area contributed by atoms with E-state index in [1.165, 1.54) is 20.0 Å². The average molecular weight is 236 g/mol. The Bertz CT molecular complexity index is 378. The standard InChI is InChI=1S/C13H20N2O2/c1-3-4-5-8-15-10-6-7-12(14)11(9-10)13(16)17-2/h6-7,9,15H,3-5,8,14H2,1-2H3. The van der Waals surface area contributed by atoms with Gasteiger partial charge in [-0.3, -0.25) is 0 Å². The highest BCUT2D eigenvalue weighted by atomic mass is 16.5. The van der Waals surface area contributed by atoms with Crippen LogP contribution in [0.3, 0.4) is 0 Å². The SMILES string of the molecule is CCCCCNc1ccc(N)c(C(=O)OC)c1. The van der Waals surface area contributed by atoms with E-state index < -0.39 is 5.97 Å². The van der Waals surface area contributed by atoms with Crippen molar-refractivity contribution in [1.29, 1.82) is 0 Å². The van der Waals surface area contributed by atoms with Gasteiger partial charge in [-0.25, -0.2) is 4.79 Å². The molecule has 94 valence electrons. The van der Waals surface area contributed by atoms with E-state index in [2.05, 4.69) is 17.0 Å². The number of nitrogens with one attached hydrogen (secondary N) is 1. The smallest absolute Gasteiger partial charge is 0.340 e. The van der Waals surface area contributed by atoms with Gasteiger partial charge in [0.15, 0.2) is 0 Å². The number of nitrogen functional groups attached to an aromatic ring is 1. The van der Waals surface area contributed by atoms with Crippen molar-refractivity contribution in [3.63, 3.8) is 0 Å². The lowest BCUT2D eigenvalue weighted by atomic mass is 10.1. The summed E-state index contributed by atoms with van der Waals surface area (Å²) in [5, 5.41) is 3.26. The third-order valence-corrected chi connectivity index (χ3v) is 2.57. The molecule has 0 fully saturated rings. The quantitative estimate of drug-likeness (QED) is 0.453. The molecule has 17 heavy (non-hydrogen) atoms. The summed E-state index contributed by atoms with van der Waals surface area (Å²) in [5.41, 5.74) is 7.46. The van der Waals surface area contributed by atoms with Crippen molar-refractivity contribution in [2.45, 2.75) is 26.2 Å². The molecule has 0 radical (unpaired) electrons. The molecule has 1 aromatic carbocycles. The van der Waals surface area contributed by atoms with Crippen molar-refractivity contribution < 1.29 is 9.53 Å². The lowest BCUT2D eigenvalue weighted by Gasteiger charge is -2.09. The van der Waals surface area contributed by atoms with Crippen molar-refractivity contribution in [3.05, 3.63) is 23.8 Å². The fraction of sp³-hybridized carbons (Fsp3) is 0.462. The average Bonchev–Trinajstić information content (AvgIpc) is 2.35. The van der Waals surface area contributed by atoms with E-state index in [0.29, 0.717) is 11.3 Å². The molecule has 0 bridgehead atoms. The minimum atomic E-state index is -0.403. The lowest BCUT2D eigenvalue weighted by Crippen LogP contribution is -2.08. The van der Waals surface area contributed by atoms with Gasteiger partial charge in [0.2, 0.25) is 0 Å². The summed E-state index contributed by atoms with van der Waals surface area (Å²) in [6.45, 7) is 3.07. The van der Waals surface area contributed by atoms with Gasteiger partial charge >= 0.3 is 5.97 Å². The molecule has 0 spiro atoms. The first-order valence-electron chi connectivity index (χ1n) is 5.90. The van der Waals surface area contributed by atoms with Gasteiger partial charge in [-0.05, 0) is 24.6 Å². The number of esters is 1. The van der Waals surface area contributed by atoms with Crippen molar-refractivity contribution in [1.82, 2.24) is 0 Å². The summed E-state index contributed by atoms with van der Waals surface area (Å²) in [5.74, 6) is -0.403. The number of unbranched alkanes of at least 4 members (excludes halogenated alkanes) is 2. The fourth-order valence-electron chi connectivity index (χ4n) is 1.56. The van der Waals surface area contributed by atoms with Gasteiger partial charge in [0, 0.05) is 17.9 Å². The highest BCUT2D eigenvalue weighted by Crippen LogP contribution is 2.18. The zero-order chi connectivity index (χ0) is 12.7. The first-order chi connectivity index (χ1) is 8.19. The Morgan fingerprint density at radius 2 is 2.18 bits per heavy atom. The van der Waals surface area contributed by atoms with Gasteiger partial charge in [-0.1, -0.05) is 19.8 Å². The summed E-state index contributed by atoms with van der Waals surface area (Å²) >= 11 is 0. The second-order valence-electron chi connectivity index (χ2n) is 3.93. The van der Waals surface area contributed by atoms with Crippen LogP contribution in [0.1, 0.15) is 36.5 Å². The number of nitrogens with two attached hydrogens (primary N) is 1. The van der Waals surface area contributed by atoms with E-state index in [1.54, 1.807) is 12.1 Å². The van der Waals surface area contributed by atoms with Gasteiger partial charge < -0.3 is 15.8 Å². The summed E-state index contributed by atoms with van der Waals surface area (Å²) in [7, 11) is 1.35. The maximum Gasteiger partial charge on any atom is 0.340 e. The molecule has 0 saturated carbocycles. The topological polar surface area (TPSA) is 64.3 Å². The molecule has 3 N–H and O–H groups in total. The molecule has 0 atom stereocenters. The van der Waals surface area contributed by atoms with E-state index in [0.717, 1.165) is 18.7 Å². The van der Waals surface area contributed by atoms with Gasteiger partial charge in [-0.15, -0.1) is 0 Å². The van der Waals surface area contributed by atoms with Crippen LogP contribution in [0.2, 0.25) is 0 Å². The Morgan fingerprint density at radius 1 is 1.41 bits per heavy atom. The van der Waals surface area contributed by atoms with Crippen LogP contribution in [-0.2, 0) is 4.74 Å². The van der Waals surface area contributed by atoms with Crippen LogP contribution in [0.4, 0.5) is 11.4 Å². The predicted molar refractivity (Wildman–Crippen MR) is 70.2 cm³/mol. The second-order valence-corrected chi connectivity index (χ2v) is 3.93. The maximum absolute atomic E-state index is 11.4. The number of methoxy groups -OCH3 is 1. The maximum atomic E-state index is 11.4. The van der Waals surface area contributed by atoms with E-state index >= 15 is 0 Å². The number of rotatable bonds is 6. The van der Waals surface area contributed by atoms with Gasteiger partial charge in [0.25, 0.3) is 0 Å². The van der Waals surface area contributed by atoms with Crippen LogP contribution in [0.5, 0.6) is 0 Å².